The Labute approximate surface area is 226 Å². The monoisotopic (exact) mass is 556 g/mol. The molecule has 0 fully saturated rings. The van der Waals surface area contributed by atoms with E-state index in [1.54, 1.807) is 49.1 Å². The molecular formula is C31H29BrN2O3. The Morgan fingerprint density at radius 2 is 1.27 bits per heavy atom. The number of hydrogen-bond donors (Lipinski definition) is 0. The standard InChI is InChI=1S/C31H29BrN2O3/c32-15-1-2-18-37-29-13-11-24(12-14-29)23-7-9-25(10-8-23)28(19-30(35)26-5-3-16-33-21-26)20-31(36)27-6-4-17-34-22-27/h3-14,16-17,21-22,28H,1-2,15,18-20H2. The highest BCUT2D eigenvalue weighted by Crippen LogP contribution is 2.30. The van der Waals surface area contributed by atoms with Crippen molar-refractivity contribution in [3.05, 3.63) is 114 Å². The van der Waals surface area contributed by atoms with Crippen LogP contribution in [-0.2, 0) is 0 Å². The second-order valence-corrected chi connectivity index (χ2v) is 9.62. The molecule has 2 aromatic carbocycles. The van der Waals surface area contributed by atoms with Crippen molar-refractivity contribution in [3.8, 4) is 16.9 Å². The van der Waals surface area contributed by atoms with Gasteiger partial charge in [0, 0.05) is 54.1 Å². The fourth-order valence-electron chi connectivity index (χ4n) is 4.12. The second-order valence-electron chi connectivity index (χ2n) is 8.83. The second kappa shape index (κ2) is 13.6. The molecule has 0 radical (unpaired) electrons. The average Bonchev–Trinajstić information content (AvgIpc) is 2.96. The number of nitrogens with zero attached hydrogens (tertiary/aromatic N) is 2. The van der Waals surface area contributed by atoms with Gasteiger partial charge >= 0.3 is 0 Å². The summed E-state index contributed by atoms with van der Waals surface area (Å²) in [4.78, 5) is 34.1. The molecule has 2 heterocycles. The molecule has 0 unspecified atom stereocenters. The van der Waals surface area contributed by atoms with E-state index < -0.39 is 0 Å². The van der Waals surface area contributed by atoms with E-state index in [4.69, 9.17) is 4.74 Å². The Kier molecular flexibility index (Phi) is 9.72. The average molecular weight is 557 g/mol. The zero-order valence-corrected chi connectivity index (χ0v) is 22.1. The third-order valence-corrected chi connectivity index (χ3v) is 6.76. The van der Waals surface area contributed by atoms with Crippen LogP contribution in [0.25, 0.3) is 11.1 Å². The number of carbonyl (C=O) groups excluding carboxylic acids is 2. The Morgan fingerprint density at radius 1 is 0.730 bits per heavy atom. The van der Waals surface area contributed by atoms with Crippen molar-refractivity contribution in [1.29, 1.82) is 0 Å². The maximum Gasteiger partial charge on any atom is 0.165 e. The number of benzene rings is 2. The number of ketones is 2. The number of carbonyl (C=O) groups is 2. The van der Waals surface area contributed by atoms with E-state index in [1.165, 1.54) is 0 Å². The van der Waals surface area contributed by atoms with Gasteiger partial charge in [-0.15, -0.1) is 0 Å². The molecule has 4 rings (SSSR count). The van der Waals surface area contributed by atoms with Crippen molar-refractivity contribution in [3.63, 3.8) is 0 Å². The molecule has 0 bridgehead atoms. The molecule has 4 aromatic rings. The minimum atomic E-state index is -0.259. The molecule has 0 atom stereocenters. The van der Waals surface area contributed by atoms with Crippen LogP contribution in [0.4, 0.5) is 0 Å². The van der Waals surface area contributed by atoms with Crippen molar-refractivity contribution in [2.45, 2.75) is 31.6 Å². The first-order chi connectivity index (χ1) is 18.1. The number of Topliss-reactive ketones (excluding diaryl/α,β-unsaturated/α-hetero) is 2. The van der Waals surface area contributed by atoms with Crippen molar-refractivity contribution >= 4 is 27.5 Å². The zero-order valence-electron chi connectivity index (χ0n) is 20.6. The summed E-state index contributed by atoms with van der Waals surface area (Å²) in [6.45, 7) is 0.705. The summed E-state index contributed by atoms with van der Waals surface area (Å²) in [5, 5.41) is 0.987. The molecule has 2 aromatic heterocycles. The van der Waals surface area contributed by atoms with Gasteiger partial charge in [0.25, 0.3) is 0 Å². The van der Waals surface area contributed by atoms with Gasteiger partial charge in [0.2, 0.25) is 0 Å². The van der Waals surface area contributed by atoms with Gasteiger partial charge < -0.3 is 4.74 Å². The van der Waals surface area contributed by atoms with Crippen molar-refractivity contribution in [2.75, 3.05) is 11.9 Å². The van der Waals surface area contributed by atoms with Gasteiger partial charge in [-0.05, 0) is 71.8 Å². The summed E-state index contributed by atoms with van der Waals surface area (Å²) in [6.07, 6.45) is 8.97. The molecule has 0 aliphatic heterocycles. The van der Waals surface area contributed by atoms with Gasteiger partial charge in [0.05, 0.1) is 6.61 Å². The molecule has 0 amide bonds. The predicted octanol–water partition coefficient (Wildman–Crippen LogP) is 7.33. The minimum absolute atomic E-state index is 0.0344. The van der Waals surface area contributed by atoms with E-state index in [2.05, 4.69) is 25.9 Å². The van der Waals surface area contributed by atoms with Gasteiger partial charge in [-0.1, -0.05) is 52.3 Å². The molecule has 0 N–H and O–H groups in total. The third kappa shape index (κ3) is 7.67. The summed E-state index contributed by atoms with van der Waals surface area (Å²) in [5.41, 5.74) is 4.18. The molecule has 0 aliphatic carbocycles. The molecule has 0 spiro atoms. The molecule has 188 valence electrons. The van der Waals surface area contributed by atoms with Crippen LogP contribution in [0.15, 0.2) is 97.6 Å². The quantitative estimate of drug-likeness (QED) is 0.0979. The van der Waals surface area contributed by atoms with Crippen molar-refractivity contribution in [1.82, 2.24) is 9.97 Å². The number of unbranched alkanes of at least 4 members (excludes halogenated alkanes) is 1. The summed E-state index contributed by atoms with van der Waals surface area (Å²) < 4.78 is 5.80. The lowest BCUT2D eigenvalue weighted by atomic mass is 9.86. The van der Waals surface area contributed by atoms with E-state index >= 15 is 0 Å². The predicted molar refractivity (Wildman–Crippen MR) is 150 cm³/mol. The molecule has 6 heteroatoms. The normalized spacial score (nSPS) is 10.9. The molecule has 0 aliphatic rings. The van der Waals surface area contributed by atoms with Crippen LogP contribution in [0.1, 0.15) is 57.9 Å². The van der Waals surface area contributed by atoms with Crippen LogP contribution in [0.3, 0.4) is 0 Å². The fraction of sp³-hybridized carbons (Fsp3) is 0.226. The van der Waals surface area contributed by atoms with Crippen molar-refractivity contribution < 1.29 is 14.3 Å². The molecular weight excluding hydrogens is 528 g/mol. The minimum Gasteiger partial charge on any atom is -0.494 e. The summed E-state index contributed by atoms with van der Waals surface area (Å²) in [7, 11) is 0. The highest BCUT2D eigenvalue weighted by Gasteiger charge is 2.22. The van der Waals surface area contributed by atoms with E-state index in [-0.39, 0.29) is 30.3 Å². The largest absolute Gasteiger partial charge is 0.494 e. The third-order valence-electron chi connectivity index (χ3n) is 6.20. The number of alkyl halides is 1. The highest BCUT2D eigenvalue weighted by atomic mass is 79.9. The topological polar surface area (TPSA) is 69.2 Å². The highest BCUT2D eigenvalue weighted by molar-refractivity contribution is 9.09. The van der Waals surface area contributed by atoms with Crippen LogP contribution in [0, 0.1) is 0 Å². The molecule has 0 saturated heterocycles. The van der Waals surface area contributed by atoms with Crippen LogP contribution >= 0.6 is 15.9 Å². The van der Waals surface area contributed by atoms with E-state index in [1.807, 2.05) is 48.5 Å². The summed E-state index contributed by atoms with van der Waals surface area (Å²) >= 11 is 3.44. The Bertz CT molecular complexity index is 1220. The van der Waals surface area contributed by atoms with Crippen LogP contribution < -0.4 is 4.74 Å². The molecule has 5 nitrogen and oxygen atoms in total. The van der Waals surface area contributed by atoms with Gasteiger partial charge in [-0.25, -0.2) is 0 Å². The van der Waals surface area contributed by atoms with E-state index in [9.17, 15) is 9.59 Å². The van der Waals surface area contributed by atoms with Crippen LogP contribution in [-0.4, -0.2) is 33.5 Å². The lowest BCUT2D eigenvalue weighted by Gasteiger charge is -2.17. The van der Waals surface area contributed by atoms with Crippen LogP contribution in [0.2, 0.25) is 0 Å². The van der Waals surface area contributed by atoms with Gasteiger partial charge in [0.15, 0.2) is 11.6 Å². The number of ether oxygens (including phenoxy) is 1. The van der Waals surface area contributed by atoms with E-state index in [0.717, 1.165) is 40.6 Å². The maximum atomic E-state index is 13.0. The Hall–Kier alpha value is -3.64. The smallest absolute Gasteiger partial charge is 0.165 e. The fourth-order valence-corrected chi connectivity index (χ4v) is 4.52. The lowest BCUT2D eigenvalue weighted by molar-refractivity contribution is 0.0944. The lowest BCUT2D eigenvalue weighted by Crippen LogP contribution is -2.13. The van der Waals surface area contributed by atoms with Gasteiger partial charge in [-0.2, -0.15) is 0 Å². The van der Waals surface area contributed by atoms with Crippen molar-refractivity contribution in [2.24, 2.45) is 0 Å². The maximum absolute atomic E-state index is 13.0. The number of rotatable bonds is 13. The SMILES string of the molecule is O=C(CC(CC(=O)c1cccnc1)c1ccc(-c2ccc(OCCCCBr)cc2)cc1)c1cccnc1. The number of aromatic nitrogens is 2. The van der Waals surface area contributed by atoms with Gasteiger partial charge in [0.1, 0.15) is 5.75 Å². The Morgan fingerprint density at radius 3 is 1.76 bits per heavy atom. The first-order valence-electron chi connectivity index (χ1n) is 12.4. The van der Waals surface area contributed by atoms with Crippen LogP contribution in [0.5, 0.6) is 5.75 Å². The van der Waals surface area contributed by atoms with E-state index in [0.29, 0.717) is 17.7 Å². The first-order valence-corrected chi connectivity index (χ1v) is 13.5. The number of hydrogen-bond acceptors (Lipinski definition) is 5. The first kappa shape index (κ1) is 26.4. The zero-order chi connectivity index (χ0) is 25.9. The molecule has 0 saturated carbocycles. The Balaban J connectivity index is 1.49. The summed E-state index contributed by atoms with van der Waals surface area (Å²) in [6, 6.07) is 23.2. The molecule has 37 heavy (non-hydrogen) atoms. The number of halogens is 1. The number of pyridine rings is 2. The summed E-state index contributed by atoms with van der Waals surface area (Å²) in [5.74, 6) is 0.531. The van der Waals surface area contributed by atoms with Gasteiger partial charge in [-0.3, -0.25) is 19.6 Å².